The lowest BCUT2D eigenvalue weighted by atomic mass is 10.2. The van der Waals surface area contributed by atoms with Crippen LogP contribution in [-0.4, -0.2) is 67.7 Å². The topological polar surface area (TPSA) is 98.0 Å². The molecule has 0 saturated carbocycles. The molecule has 1 fully saturated rings. The number of nitrogens with zero attached hydrogens (tertiary/aromatic N) is 4. The smallest absolute Gasteiger partial charge is 0.248 e. The largest absolute Gasteiger partial charge is 0.493 e. The Kier molecular flexibility index (Phi) is 7.03. The van der Waals surface area contributed by atoms with Crippen LogP contribution in [-0.2, 0) is 16.6 Å². The van der Waals surface area contributed by atoms with Crippen molar-refractivity contribution in [1.29, 1.82) is 0 Å². The van der Waals surface area contributed by atoms with Crippen LogP contribution in [0.25, 0.3) is 10.6 Å². The molecule has 0 atom stereocenters. The van der Waals surface area contributed by atoms with Gasteiger partial charge in [-0.2, -0.15) is 4.31 Å². The van der Waals surface area contributed by atoms with Crippen molar-refractivity contribution in [1.82, 2.24) is 19.3 Å². The fourth-order valence-corrected chi connectivity index (χ4v) is 6.44. The molecule has 1 saturated heterocycles. The maximum atomic E-state index is 13.0. The Balaban J connectivity index is 1.39. The van der Waals surface area contributed by atoms with Gasteiger partial charge in [-0.05, 0) is 39.0 Å². The van der Waals surface area contributed by atoms with E-state index in [1.54, 1.807) is 32.3 Å². The van der Waals surface area contributed by atoms with E-state index in [1.807, 2.05) is 30.5 Å². The lowest BCUT2D eigenvalue weighted by Gasteiger charge is -2.33. The van der Waals surface area contributed by atoms with Gasteiger partial charge in [0.2, 0.25) is 10.0 Å². The van der Waals surface area contributed by atoms with Crippen LogP contribution in [0.15, 0.2) is 33.0 Å². The van der Waals surface area contributed by atoms with Crippen molar-refractivity contribution in [3.05, 3.63) is 40.7 Å². The minimum absolute atomic E-state index is 0.186. The van der Waals surface area contributed by atoms with Crippen molar-refractivity contribution in [3.63, 3.8) is 0 Å². The fraction of sp³-hybridized carbons (Fsp3) is 0.455. The molecule has 3 aromatic rings. The zero-order valence-corrected chi connectivity index (χ0v) is 20.8. The van der Waals surface area contributed by atoms with E-state index in [-0.39, 0.29) is 4.90 Å². The van der Waals surface area contributed by atoms with Crippen LogP contribution in [0.1, 0.15) is 24.1 Å². The quantitative estimate of drug-likeness (QED) is 0.472. The zero-order chi connectivity index (χ0) is 23.6. The van der Waals surface area contributed by atoms with Crippen LogP contribution in [0.2, 0.25) is 0 Å². The summed E-state index contributed by atoms with van der Waals surface area (Å²) in [5, 5.41) is 6.74. The number of hydrogen-bond donors (Lipinski definition) is 0. The third-order valence-electron chi connectivity index (χ3n) is 5.54. The number of benzene rings is 1. The summed E-state index contributed by atoms with van der Waals surface area (Å²) in [6.45, 7) is 8.56. The summed E-state index contributed by atoms with van der Waals surface area (Å²) in [7, 11) is -1.98. The molecule has 4 rings (SSSR count). The predicted octanol–water partition coefficient (Wildman–Crippen LogP) is 3.33. The van der Waals surface area contributed by atoms with E-state index in [0.29, 0.717) is 62.3 Å². The maximum Gasteiger partial charge on any atom is 0.248 e. The first-order valence-corrected chi connectivity index (χ1v) is 13.1. The van der Waals surface area contributed by atoms with Gasteiger partial charge in [-0.25, -0.2) is 13.4 Å². The first kappa shape index (κ1) is 23.7. The van der Waals surface area contributed by atoms with E-state index in [2.05, 4.69) is 10.1 Å². The highest BCUT2D eigenvalue weighted by Crippen LogP contribution is 2.34. The van der Waals surface area contributed by atoms with Crippen molar-refractivity contribution in [2.45, 2.75) is 32.2 Å². The summed E-state index contributed by atoms with van der Waals surface area (Å²) >= 11 is 1.58. The summed E-state index contributed by atoms with van der Waals surface area (Å²) in [5.74, 6) is 1.72. The molecule has 0 N–H and O–H groups in total. The standard InChI is InChI=1S/C22H28N4O5S2/c1-5-30-19-7-6-17(12-20(19)29-4)22-23-18(14-32-22)13-25-8-10-26(11-9-25)33(27,28)21-15(2)24-31-16(21)3/h6-7,12,14H,5,8-11,13H2,1-4H3. The van der Waals surface area contributed by atoms with E-state index >= 15 is 0 Å². The second-order valence-electron chi connectivity index (χ2n) is 7.78. The summed E-state index contributed by atoms with van der Waals surface area (Å²) < 4.78 is 43.6. The first-order chi connectivity index (χ1) is 15.8. The van der Waals surface area contributed by atoms with Crippen molar-refractivity contribution in [3.8, 4) is 22.1 Å². The van der Waals surface area contributed by atoms with Gasteiger partial charge >= 0.3 is 0 Å². The monoisotopic (exact) mass is 492 g/mol. The third-order valence-corrected chi connectivity index (χ3v) is 8.63. The van der Waals surface area contributed by atoms with Gasteiger partial charge in [0.25, 0.3) is 0 Å². The Bertz CT molecular complexity index is 1190. The van der Waals surface area contributed by atoms with Crippen LogP contribution >= 0.6 is 11.3 Å². The average molecular weight is 493 g/mol. The summed E-state index contributed by atoms with van der Waals surface area (Å²) in [6.07, 6.45) is 0. The Morgan fingerprint density at radius 3 is 2.55 bits per heavy atom. The molecule has 1 aliphatic heterocycles. The number of rotatable bonds is 8. The Morgan fingerprint density at radius 2 is 1.91 bits per heavy atom. The number of thiazole rings is 1. The number of ether oxygens (including phenoxy) is 2. The highest BCUT2D eigenvalue weighted by atomic mass is 32.2. The molecule has 0 bridgehead atoms. The Labute approximate surface area is 198 Å². The minimum atomic E-state index is -3.61. The zero-order valence-electron chi connectivity index (χ0n) is 19.2. The first-order valence-electron chi connectivity index (χ1n) is 10.7. The second kappa shape index (κ2) is 9.80. The minimum Gasteiger partial charge on any atom is -0.493 e. The molecule has 33 heavy (non-hydrogen) atoms. The van der Waals surface area contributed by atoms with E-state index in [1.165, 1.54) is 4.31 Å². The molecule has 0 unspecified atom stereocenters. The normalized spacial score (nSPS) is 15.6. The van der Waals surface area contributed by atoms with Crippen molar-refractivity contribution in [2.24, 2.45) is 0 Å². The number of piperazine rings is 1. The fourth-order valence-electron chi connectivity index (χ4n) is 3.92. The molecule has 9 nitrogen and oxygen atoms in total. The van der Waals surface area contributed by atoms with Crippen LogP contribution < -0.4 is 9.47 Å². The van der Waals surface area contributed by atoms with Gasteiger partial charge in [0.1, 0.15) is 15.6 Å². The van der Waals surface area contributed by atoms with Gasteiger partial charge in [-0.3, -0.25) is 4.90 Å². The highest BCUT2D eigenvalue weighted by molar-refractivity contribution is 7.89. The lowest BCUT2D eigenvalue weighted by molar-refractivity contribution is 0.180. The summed E-state index contributed by atoms with van der Waals surface area (Å²) in [6, 6.07) is 5.82. The molecular weight excluding hydrogens is 464 g/mol. The number of sulfonamides is 1. The van der Waals surface area contributed by atoms with Crippen molar-refractivity contribution in [2.75, 3.05) is 39.9 Å². The van der Waals surface area contributed by atoms with E-state index in [9.17, 15) is 8.42 Å². The molecule has 0 spiro atoms. The van der Waals surface area contributed by atoms with Crippen molar-refractivity contribution >= 4 is 21.4 Å². The van der Waals surface area contributed by atoms with E-state index < -0.39 is 10.0 Å². The molecule has 0 amide bonds. The molecule has 1 aromatic carbocycles. The molecule has 1 aliphatic rings. The summed E-state index contributed by atoms with van der Waals surface area (Å²) in [5.41, 5.74) is 2.34. The Hall–Kier alpha value is -2.47. The maximum absolute atomic E-state index is 13.0. The molecule has 178 valence electrons. The van der Waals surface area contributed by atoms with Crippen molar-refractivity contribution < 1.29 is 22.4 Å². The lowest BCUT2D eigenvalue weighted by Crippen LogP contribution is -2.48. The van der Waals surface area contributed by atoms with Crippen LogP contribution in [0, 0.1) is 13.8 Å². The van der Waals surface area contributed by atoms with Gasteiger partial charge in [0.05, 0.1) is 19.4 Å². The van der Waals surface area contributed by atoms with Gasteiger partial charge in [-0.1, -0.05) is 5.16 Å². The number of methoxy groups -OCH3 is 1. The second-order valence-corrected chi connectivity index (χ2v) is 10.5. The van der Waals surface area contributed by atoms with Crippen LogP contribution in [0.4, 0.5) is 0 Å². The molecule has 0 aliphatic carbocycles. The molecular formula is C22H28N4O5S2. The van der Waals surface area contributed by atoms with E-state index in [4.69, 9.17) is 19.0 Å². The summed E-state index contributed by atoms with van der Waals surface area (Å²) in [4.78, 5) is 7.19. The highest BCUT2D eigenvalue weighted by Gasteiger charge is 2.33. The van der Waals surface area contributed by atoms with Gasteiger partial charge in [0, 0.05) is 43.7 Å². The third kappa shape index (κ3) is 4.91. The SMILES string of the molecule is CCOc1ccc(-c2nc(CN3CCN(S(=O)(=O)c4c(C)noc4C)CC3)cs2)cc1OC. The van der Waals surface area contributed by atoms with Gasteiger partial charge < -0.3 is 14.0 Å². The van der Waals surface area contributed by atoms with Gasteiger partial charge in [0.15, 0.2) is 17.3 Å². The van der Waals surface area contributed by atoms with E-state index in [0.717, 1.165) is 16.3 Å². The number of aryl methyl sites for hydroxylation is 2. The average Bonchev–Trinajstić information content (AvgIpc) is 3.40. The number of aromatic nitrogens is 2. The molecule has 3 heterocycles. The molecule has 2 aromatic heterocycles. The Morgan fingerprint density at radius 1 is 1.15 bits per heavy atom. The van der Waals surface area contributed by atoms with Crippen LogP contribution in [0.5, 0.6) is 11.5 Å². The molecule has 11 heteroatoms. The van der Waals surface area contributed by atoms with Crippen LogP contribution in [0.3, 0.4) is 0 Å². The van der Waals surface area contributed by atoms with Gasteiger partial charge in [-0.15, -0.1) is 11.3 Å². The number of hydrogen-bond acceptors (Lipinski definition) is 9. The molecule has 0 radical (unpaired) electrons. The predicted molar refractivity (Wildman–Crippen MR) is 125 cm³/mol.